The van der Waals surface area contributed by atoms with E-state index in [1.807, 2.05) is 0 Å². The lowest BCUT2D eigenvalue weighted by Crippen LogP contribution is -2.34. The van der Waals surface area contributed by atoms with E-state index in [0.717, 1.165) is 6.07 Å². The number of halogens is 3. The first-order chi connectivity index (χ1) is 9.41. The summed E-state index contributed by atoms with van der Waals surface area (Å²) in [6, 6.07) is 4.01. The van der Waals surface area contributed by atoms with Gasteiger partial charge in [-0.1, -0.05) is 6.07 Å². The molecule has 4 nitrogen and oxygen atoms in total. The van der Waals surface area contributed by atoms with Crippen LogP contribution in [0.25, 0.3) is 0 Å². The number of benzene rings is 1. The molecule has 0 unspecified atom stereocenters. The molecule has 1 heterocycles. The number of alkyl halides is 3. The molecular weight excluding hydrogens is 271 g/mol. The molecule has 0 aliphatic carbocycles. The smallest absolute Gasteiger partial charge is 0.362 e. The highest BCUT2D eigenvalue weighted by molar-refractivity contribution is 5.82. The predicted octanol–water partition coefficient (Wildman–Crippen LogP) is 1.49. The van der Waals surface area contributed by atoms with Crippen LogP contribution in [-0.4, -0.2) is 25.5 Å². The maximum atomic E-state index is 13.2. The highest BCUT2D eigenvalue weighted by atomic mass is 19.4. The number of carbonyl (C=O) groups excluding carboxylic acids is 1. The second-order valence-electron chi connectivity index (χ2n) is 4.68. The highest BCUT2D eigenvalue weighted by Crippen LogP contribution is 2.37. The van der Waals surface area contributed by atoms with Gasteiger partial charge in [0.05, 0.1) is 12.1 Å². The summed E-state index contributed by atoms with van der Waals surface area (Å²) in [6.07, 6.45) is -3.86. The monoisotopic (exact) mass is 287 g/mol. The molecule has 3 N–H and O–H groups in total. The molecule has 20 heavy (non-hydrogen) atoms. The number of hydrogen-bond acceptors (Lipinski definition) is 3. The Morgan fingerprint density at radius 1 is 1.35 bits per heavy atom. The summed E-state index contributed by atoms with van der Waals surface area (Å²) in [7, 11) is 0. The molecule has 1 aliphatic rings. The molecule has 0 spiro atoms. The van der Waals surface area contributed by atoms with Gasteiger partial charge in [-0.25, -0.2) is 0 Å². The lowest BCUT2D eigenvalue weighted by molar-refractivity contribution is -0.137. The molecule has 1 fully saturated rings. The van der Waals surface area contributed by atoms with E-state index in [2.05, 4.69) is 5.32 Å². The second-order valence-corrected chi connectivity index (χ2v) is 4.68. The molecule has 2 rings (SSSR count). The number of rotatable bonds is 2. The Hall–Kier alpha value is -1.76. The largest absolute Gasteiger partial charge is 0.418 e. The first-order valence-corrected chi connectivity index (χ1v) is 6.33. The molecule has 1 saturated heterocycles. The minimum atomic E-state index is -4.47. The summed E-state index contributed by atoms with van der Waals surface area (Å²) in [6.45, 7) is 0.871. The van der Waals surface area contributed by atoms with Gasteiger partial charge in [0.25, 0.3) is 0 Å². The molecule has 110 valence electrons. The number of hydrogen-bond donors (Lipinski definition) is 2. The third kappa shape index (κ3) is 3.22. The number of nitrogens with one attached hydrogen (secondary N) is 1. The third-order valence-corrected chi connectivity index (χ3v) is 3.20. The number of nitrogens with zero attached hydrogens (tertiary/aromatic N) is 1. The van der Waals surface area contributed by atoms with Crippen molar-refractivity contribution >= 4 is 11.6 Å². The Labute approximate surface area is 114 Å². The molecule has 0 aromatic heterocycles. The second kappa shape index (κ2) is 5.70. The van der Waals surface area contributed by atoms with Crippen molar-refractivity contribution in [3.05, 3.63) is 29.3 Å². The topological polar surface area (TPSA) is 58.4 Å². The van der Waals surface area contributed by atoms with Crippen LogP contribution in [0.4, 0.5) is 18.9 Å². The van der Waals surface area contributed by atoms with E-state index in [0.29, 0.717) is 25.1 Å². The van der Waals surface area contributed by atoms with Crippen molar-refractivity contribution in [2.45, 2.75) is 19.1 Å². The van der Waals surface area contributed by atoms with Crippen molar-refractivity contribution in [2.24, 2.45) is 5.73 Å². The minimum Gasteiger partial charge on any atom is -0.362 e. The van der Waals surface area contributed by atoms with Crippen LogP contribution in [0.5, 0.6) is 0 Å². The van der Waals surface area contributed by atoms with E-state index in [-0.39, 0.29) is 24.7 Å². The van der Waals surface area contributed by atoms with E-state index in [1.54, 1.807) is 6.07 Å². The maximum Gasteiger partial charge on any atom is 0.418 e. The SMILES string of the molecule is NCc1ccc(N2CCCNC(=O)C2)c(C(F)(F)F)c1. The average molecular weight is 287 g/mol. The zero-order valence-corrected chi connectivity index (χ0v) is 10.8. The first-order valence-electron chi connectivity index (χ1n) is 6.33. The molecule has 0 radical (unpaired) electrons. The fourth-order valence-electron chi connectivity index (χ4n) is 2.22. The Bertz CT molecular complexity index is 502. The van der Waals surface area contributed by atoms with E-state index < -0.39 is 11.7 Å². The fourth-order valence-corrected chi connectivity index (χ4v) is 2.22. The summed E-state index contributed by atoms with van der Waals surface area (Å²) < 4.78 is 39.5. The predicted molar refractivity (Wildman–Crippen MR) is 69.2 cm³/mol. The molecule has 0 atom stereocenters. The van der Waals surface area contributed by atoms with E-state index in [9.17, 15) is 18.0 Å². The molecule has 1 amide bonds. The van der Waals surface area contributed by atoms with Crippen LogP contribution in [0.3, 0.4) is 0 Å². The van der Waals surface area contributed by atoms with Gasteiger partial charge in [0, 0.05) is 25.3 Å². The molecule has 1 aromatic rings. The number of nitrogens with two attached hydrogens (primary N) is 1. The van der Waals surface area contributed by atoms with Gasteiger partial charge in [0.2, 0.25) is 5.91 Å². The average Bonchev–Trinajstić information content (AvgIpc) is 2.61. The standard InChI is InChI=1S/C13H16F3N3O/c14-13(15,16)10-6-9(7-17)2-3-11(10)19-5-1-4-18-12(20)8-19/h2-3,6H,1,4-5,7-8,17H2,(H,18,20). The summed E-state index contributed by atoms with van der Waals surface area (Å²) in [5, 5.41) is 2.64. The van der Waals surface area contributed by atoms with Crippen LogP contribution in [0, 0.1) is 0 Å². The first kappa shape index (κ1) is 14.6. The Balaban J connectivity index is 2.41. The summed E-state index contributed by atoms with van der Waals surface area (Å²) >= 11 is 0. The molecule has 0 bridgehead atoms. The van der Waals surface area contributed by atoms with Gasteiger partial charge in [-0.3, -0.25) is 4.79 Å². The van der Waals surface area contributed by atoms with E-state index in [1.165, 1.54) is 11.0 Å². The zero-order valence-electron chi connectivity index (χ0n) is 10.8. The molecule has 1 aromatic carbocycles. The van der Waals surface area contributed by atoms with Crippen molar-refractivity contribution in [3.8, 4) is 0 Å². The van der Waals surface area contributed by atoms with E-state index >= 15 is 0 Å². The number of carbonyl (C=O) groups is 1. The Kier molecular flexibility index (Phi) is 4.17. The van der Waals surface area contributed by atoms with Gasteiger partial charge in [-0.05, 0) is 24.1 Å². The zero-order chi connectivity index (χ0) is 14.8. The normalized spacial score (nSPS) is 16.8. The summed E-state index contributed by atoms with van der Waals surface area (Å²) in [4.78, 5) is 13.0. The lowest BCUT2D eigenvalue weighted by atomic mass is 10.1. The van der Waals surface area contributed by atoms with Gasteiger partial charge in [-0.2, -0.15) is 13.2 Å². The van der Waals surface area contributed by atoms with Crippen LogP contribution in [0.15, 0.2) is 18.2 Å². The summed E-state index contributed by atoms with van der Waals surface area (Å²) in [5.74, 6) is -0.265. The van der Waals surface area contributed by atoms with Crippen molar-refractivity contribution in [2.75, 3.05) is 24.5 Å². The Morgan fingerprint density at radius 2 is 2.10 bits per heavy atom. The van der Waals surface area contributed by atoms with Gasteiger partial charge in [0.1, 0.15) is 0 Å². The van der Waals surface area contributed by atoms with Crippen molar-refractivity contribution in [1.29, 1.82) is 0 Å². The lowest BCUT2D eigenvalue weighted by Gasteiger charge is -2.25. The Morgan fingerprint density at radius 3 is 2.75 bits per heavy atom. The van der Waals surface area contributed by atoms with Crippen LogP contribution in [0.1, 0.15) is 17.5 Å². The quantitative estimate of drug-likeness (QED) is 0.866. The fraction of sp³-hybridized carbons (Fsp3) is 0.462. The van der Waals surface area contributed by atoms with Crippen LogP contribution in [-0.2, 0) is 17.5 Å². The van der Waals surface area contributed by atoms with Crippen LogP contribution < -0.4 is 16.0 Å². The maximum absolute atomic E-state index is 13.2. The minimum absolute atomic E-state index is 0.0340. The van der Waals surface area contributed by atoms with Gasteiger partial charge in [0.15, 0.2) is 0 Å². The highest BCUT2D eigenvalue weighted by Gasteiger charge is 2.35. The van der Waals surface area contributed by atoms with Gasteiger partial charge >= 0.3 is 6.18 Å². The van der Waals surface area contributed by atoms with Crippen LogP contribution >= 0.6 is 0 Å². The summed E-state index contributed by atoms with van der Waals surface area (Å²) in [5.41, 5.74) is 5.10. The van der Waals surface area contributed by atoms with Crippen molar-refractivity contribution in [1.82, 2.24) is 5.32 Å². The van der Waals surface area contributed by atoms with Gasteiger partial charge < -0.3 is 16.0 Å². The number of amides is 1. The van der Waals surface area contributed by atoms with E-state index in [4.69, 9.17) is 5.73 Å². The molecule has 1 aliphatic heterocycles. The van der Waals surface area contributed by atoms with Crippen molar-refractivity contribution < 1.29 is 18.0 Å². The van der Waals surface area contributed by atoms with Crippen LogP contribution in [0.2, 0.25) is 0 Å². The van der Waals surface area contributed by atoms with Crippen molar-refractivity contribution in [3.63, 3.8) is 0 Å². The van der Waals surface area contributed by atoms with Gasteiger partial charge in [-0.15, -0.1) is 0 Å². The molecule has 7 heteroatoms. The number of anilines is 1. The molecular formula is C13H16F3N3O. The third-order valence-electron chi connectivity index (χ3n) is 3.20. The molecule has 0 saturated carbocycles.